The number of halogens is 2. The molecule has 1 fully saturated rings. The Morgan fingerprint density at radius 1 is 1.33 bits per heavy atom. The molecule has 1 aliphatic heterocycles. The molecule has 1 N–H and O–H groups in total. The molecule has 0 amide bonds. The van der Waals surface area contributed by atoms with Crippen molar-refractivity contribution in [3.8, 4) is 0 Å². The van der Waals surface area contributed by atoms with Gasteiger partial charge in [-0.3, -0.25) is 10.1 Å². The third kappa shape index (κ3) is 3.95. The van der Waals surface area contributed by atoms with E-state index in [-0.39, 0.29) is 5.69 Å². The molecule has 0 spiro atoms. The smallest absolute Gasteiger partial charge is 0.287 e. The van der Waals surface area contributed by atoms with E-state index in [9.17, 15) is 10.1 Å². The van der Waals surface area contributed by atoms with Crippen LogP contribution in [0.15, 0.2) is 36.5 Å². The van der Waals surface area contributed by atoms with E-state index >= 15 is 0 Å². The third-order valence-electron chi connectivity index (χ3n) is 4.05. The minimum absolute atomic E-state index is 0.00463. The van der Waals surface area contributed by atoms with Gasteiger partial charge in [0.2, 0.25) is 0 Å². The fourth-order valence-corrected chi connectivity index (χ4v) is 3.20. The molecule has 1 saturated heterocycles. The maximum atomic E-state index is 10.7. The molecular weight excluding hydrogens is 351 g/mol. The molecule has 1 aromatic heterocycles. The van der Waals surface area contributed by atoms with Crippen molar-refractivity contribution in [2.75, 3.05) is 18.0 Å². The number of pyridine rings is 1. The van der Waals surface area contributed by atoms with Gasteiger partial charge in [-0.05, 0) is 30.2 Å². The van der Waals surface area contributed by atoms with Crippen molar-refractivity contribution >= 4 is 34.7 Å². The van der Waals surface area contributed by atoms with Crippen molar-refractivity contribution in [1.29, 1.82) is 0 Å². The fraction of sp³-hybridized carbons (Fsp3) is 0.312. The van der Waals surface area contributed by atoms with Gasteiger partial charge in [-0.1, -0.05) is 29.3 Å². The van der Waals surface area contributed by atoms with Crippen molar-refractivity contribution in [3.63, 3.8) is 0 Å². The van der Waals surface area contributed by atoms with E-state index in [1.54, 1.807) is 12.1 Å². The second-order valence-corrected chi connectivity index (χ2v) is 6.52. The van der Waals surface area contributed by atoms with Gasteiger partial charge in [-0.15, -0.1) is 0 Å². The molecule has 126 valence electrons. The SMILES string of the molecule is O=[N+]([O-])c1ccc(N2CC[C@H](NCc3ccc(Cl)cc3Cl)C2)nc1. The zero-order chi connectivity index (χ0) is 17.1. The average Bonchev–Trinajstić information content (AvgIpc) is 3.03. The van der Waals surface area contributed by atoms with Crippen molar-refractivity contribution in [1.82, 2.24) is 10.3 Å². The summed E-state index contributed by atoms with van der Waals surface area (Å²) in [5.74, 6) is 0.759. The van der Waals surface area contributed by atoms with E-state index in [0.717, 1.165) is 30.9 Å². The summed E-state index contributed by atoms with van der Waals surface area (Å²) in [6.07, 6.45) is 2.27. The van der Waals surface area contributed by atoms with Crippen LogP contribution in [0.1, 0.15) is 12.0 Å². The normalized spacial score (nSPS) is 17.2. The number of nitro groups is 1. The van der Waals surface area contributed by atoms with Crippen LogP contribution in [0.3, 0.4) is 0 Å². The second-order valence-electron chi connectivity index (χ2n) is 5.68. The highest BCUT2D eigenvalue weighted by molar-refractivity contribution is 6.35. The first-order valence-corrected chi connectivity index (χ1v) is 8.31. The molecule has 0 bridgehead atoms. The molecule has 2 heterocycles. The summed E-state index contributed by atoms with van der Waals surface area (Å²) >= 11 is 12.1. The van der Waals surface area contributed by atoms with Gasteiger partial charge in [0, 0.05) is 41.8 Å². The largest absolute Gasteiger partial charge is 0.355 e. The Hall–Kier alpha value is -1.89. The Labute approximate surface area is 149 Å². The molecule has 0 unspecified atom stereocenters. The van der Waals surface area contributed by atoms with Crippen molar-refractivity contribution in [2.45, 2.75) is 19.0 Å². The number of rotatable bonds is 5. The number of nitrogens with one attached hydrogen (secondary N) is 1. The fourth-order valence-electron chi connectivity index (χ4n) is 2.73. The average molecular weight is 367 g/mol. The topological polar surface area (TPSA) is 71.3 Å². The van der Waals surface area contributed by atoms with E-state index in [1.807, 2.05) is 12.1 Å². The van der Waals surface area contributed by atoms with Crippen LogP contribution in [-0.2, 0) is 6.54 Å². The lowest BCUT2D eigenvalue weighted by Gasteiger charge is -2.18. The minimum Gasteiger partial charge on any atom is -0.355 e. The van der Waals surface area contributed by atoms with E-state index in [4.69, 9.17) is 23.2 Å². The van der Waals surface area contributed by atoms with E-state index < -0.39 is 4.92 Å². The summed E-state index contributed by atoms with van der Waals surface area (Å²) in [6, 6.07) is 8.97. The summed E-state index contributed by atoms with van der Waals surface area (Å²) < 4.78 is 0. The number of hydrogen-bond acceptors (Lipinski definition) is 5. The van der Waals surface area contributed by atoms with Crippen LogP contribution in [0.4, 0.5) is 11.5 Å². The standard InChI is InChI=1S/C16H16Cl2N4O2/c17-12-2-1-11(15(18)7-12)8-19-13-5-6-21(10-13)16-4-3-14(9-20-16)22(23)24/h1-4,7,9,13,19H,5-6,8,10H2/t13-/m0/s1. The van der Waals surface area contributed by atoms with Gasteiger partial charge in [0.05, 0.1) is 4.92 Å². The maximum Gasteiger partial charge on any atom is 0.287 e. The van der Waals surface area contributed by atoms with E-state index in [2.05, 4.69) is 15.2 Å². The van der Waals surface area contributed by atoms with Crippen LogP contribution in [-0.4, -0.2) is 29.0 Å². The Kier molecular flexibility index (Phi) is 5.18. The number of aromatic nitrogens is 1. The van der Waals surface area contributed by atoms with Crippen LogP contribution < -0.4 is 10.2 Å². The minimum atomic E-state index is -0.443. The zero-order valence-electron chi connectivity index (χ0n) is 12.8. The number of nitrogens with zero attached hydrogens (tertiary/aromatic N) is 3. The first kappa shape index (κ1) is 17.0. The molecule has 24 heavy (non-hydrogen) atoms. The Morgan fingerprint density at radius 2 is 2.17 bits per heavy atom. The van der Waals surface area contributed by atoms with Gasteiger partial charge >= 0.3 is 0 Å². The molecule has 1 aromatic carbocycles. The number of benzene rings is 1. The summed E-state index contributed by atoms with van der Waals surface area (Å²) in [4.78, 5) is 16.5. The van der Waals surface area contributed by atoms with Crippen molar-refractivity contribution in [2.24, 2.45) is 0 Å². The zero-order valence-corrected chi connectivity index (χ0v) is 14.3. The molecular formula is C16H16Cl2N4O2. The summed E-state index contributed by atoms with van der Waals surface area (Å²) in [7, 11) is 0. The lowest BCUT2D eigenvalue weighted by atomic mass is 10.2. The lowest BCUT2D eigenvalue weighted by Crippen LogP contribution is -2.32. The maximum absolute atomic E-state index is 10.7. The Balaban J connectivity index is 1.56. The first-order chi connectivity index (χ1) is 11.5. The van der Waals surface area contributed by atoms with Gasteiger partial charge in [0.1, 0.15) is 12.0 Å². The van der Waals surface area contributed by atoms with Crippen LogP contribution in [0.25, 0.3) is 0 Å². The van der Waals surface area contributed by atoms with Gasteiger partial charge in [0.25, 0.3) is 5.69 Å². The predicted octanol–water partition coefficient (Wildman–Crippen LogP) is 3.67. The van der Waals surface area contributed by atoms with Gasteiger partial charge in [-0.25, -0.2) is 4.98 Å². The molecule has 1 atom stereocenters. The summed E-state index contributed by atoms with van der Waals surface area (Å²) in [6.45, 7) is 2.33. The molecule has 2 aromatic rings. The van der Waals surface area contributed by atoms with Crippen LogP contribution in [0.5, 0.6) is 0 Å². The molecule has 0 radical (unpaired) electrons. The molecule has 0 saturated carbocycles. The van der Waals surface area contributed by atoms with E-state index in [0.29, 0.717) is 22.6 Å². The van der Waals surface area contributed by atoms with Crippen LogP contribution in [0, 0.1) is 10.1 Å². The van der Waals surface area contributed by atoms with Gasteiger partial charge < -0.3 is 10.2 Å². The molecule has 1 aliphatic rings. The molecule has 0 aliphatic carbocycles. The molecule has 8 heteroatoms. The predicted molar refractivity (Wildman–Crippen MR) is 94.8 cm³/mol. The number of hydrogen-bond donors (Lipinski definition) is 1. The van der Waals surface area contributed by atoms with Gasteiger partial charge in [0.15, 0.2) is 0 Å². The van der Waals surface area contributed by atoms with Crippen molar-refractivity contribution < 1.29 is 4.92 Å². The van der Waals surface area contributed by atoms with Gasteiger partial charge in [-0.2, -0.15) is 0 Å². The highest BCUT2D eigenvalue weighted by atomic mass is 35.5. The highest BCUT2D eigenvalue weighted by Crippen LogP contribution is 2.23. The molecule has 3 rings (SSSR count). The highest BCUT2D eigenvalue weighted by Gasteiger charge is 2.23. The van der Waals surface area contributed by atoms with Crippen molar-refractivity contribution in [3.05, 3.63) is 62.3 Å². The monoisotopic (exact) mass is 366 g/mol. The molecule has 6 nitrogen and oxygen atoms in total. The number of anilines is 1. The quantitative estimate of drug-likeness (QED) is 0.645. The second kappa shape index (κ2) is 7.34. The Bertz CT molecular complexity index is 739. The summed E-state index contributed by atoms with van der Waals surface area (Å²) in [5, 5.41) is 15.4. The van der Waals surface area contributed by atoms with Crippen LogP contribution in [0.2, 0.25) is 10.0 Å². The van der Waals surface area contributed by atoms with E-state index in [1.165, 1.54) is 12.3 Å². The Morgan fingerprint density at radius 3 is 2.83 bits per heavy atom. The third-order valence-corrected chi connectivity index (χ3v) is 4.64. The summed E-state index contributed by atoms with van der Waals surface area (Å²) in [5.41, 5.74) is 1.01. The first-order valence-electron chi connectivity index (χ1n) is 7.55. The lowest BCUT2D eigenvalue weighted by molar-refractivity contribution is -0.385. The van der Waals surface area contributed by atoms with Crippen LogP contribution >= 0.6 is 23.2 Å².